The Hall–Kier alpha value is -3.54. The Morgan fingerprint density at radius 1 is 0.846 bits per heavy atom. The fourth-order valence-corrected chi connectivity index (χ4v) is 6.84. The minimum absolute atomic E-state index is 0.322. The number of nitrogens with zero attached hydrogens (tertiary/aromatic N) is 4. The van der Waals surface area contributed by atoms with Crippen LogP contribution in [0.2, 0.25) is 5.15 Å². The predicted molar refractivity (Wildman–Crippen MR) is 165 cm³/mol. The average Bonchev–Trinajstić information content (AvgIpc) is 3.39. The molecule has 0 aliphatic heterocycles. The number of thioether (sulfide) groups is 1. The lowest BCUT2D eigenvalue weighted by Crippen LogP contribution is -2.31. The number of halogens is 1. The Morgan fingerprint density at radius 2 is 1.41 bits per heavy atom. The number of rotatable bonds is 11. The molecule has 2 aromatic heterocycles. The number of aromatic nitrogens is 3. The predicted octanol–water partition coefficient (Wildman–Crippen LogP) is 8.11. The molecule has 0 N–H and O–H groups in total. The first-order chi connectivity index (χ1) is 19.1. The van der Waals surface area contributed by atoms with Crippen molar-refractivity contribution in [3.05, 3.63) is 144 Å². The van der Waals surface area contributed by atoms with Gasteiger partial charge in [-0.05, 0) is 47.4 Å². The molecule has 0 radical (unpaired) electrons. The quantitative estimate of drug-likeness (QED) is 0.155. The van der Waals surface area contributed by atoms with Gasteiger partial charge in [-0.3, -0.25) is 4.98 Å². The summed E-state index contributed by atoms with van der Waals surface area (Å²) in [6.45, 7) is 6.20. The smallest absolute Gasteiger partial charge is 0.174 e. The molecule has 198 valence electrons. The summed E-state index contributed by atoms with van der Waals surface area (Å²) in [6.07, 6.45) is 5.55. The molecule has 3 aromatic carbocycles. The minimum Gasteiger partial charge on any atom is -0.368 e. The first-order valence-corrected chi connectivity index (χ1v) is 14.7. The van der Waals surface area contributed by atoms with Gasteiger partial charge in [0.2, 0.25) is 0 Å². The molecule has 0 bridgehead atoms. The Labute approximate surface area is 240 Å². The Kier molecular flexibility index (Phi) is 8.70. The maximum absolute atomic E-state index is 6.64. The largest absolute Gasteiger partial charge is 0.368 e. The molecule has 2 heterocycles. The zero-order valence-corrected chi connectivity index (χ0v) is 23.9. The van der Waals surface area contributed by atoms with Crippen LogP contribution in [0.15, 0.2) is 122 Å². The van der Waals surface area contributed by atoms with Crippen molar-refractivity contribution in [1.82, 2.24) is 14.8 Å². The summed E-state index contributed by atoms with van der Waals surface area (Å²) in [7, 11) is 0. The molecule has 5 aromatic rings. The third-order valence-corrected chi connectivity index (χ3v) is 9.09. The summed E-state index contributed by atoms with van der Waals surface area (Å²) in [6, 6.07) is 36.5. The van der Waals surface area contributed by atoms with Crippen molar-refractivity contribution in [1.29, 1.82) is 0 Å². The van der Waals surface area contributed by atoms with Gasteiger partial charge in [-0.15, -0.1) is 11.8 Å². The normalized spacial score (nSPS) is 12.3. The van der Waals surface area contributed by atoms with Gasteiger partial charge in [0.1, 0.15) is 0 Å². The zero-order valence-electron chi connectivity index (χ0n) is 22.3. The standard InChI is InChI=1S/C33H33ClN4S/c1-3-37(31-24-38(36-32(31)34)30-20-13-21-35-22-30)23-26(2)25-39-33(27-14-7-4-8-15-27,28-16-9-5-10-17-28)29-18-11-6-12-19-29/h4-22,24,26H,3,23,25H2,1-2H3. The van der Waals surface area contributed by atoms with Crippen LogP contribution in [-0.2, 0) is 4.75 Å². The van der Waals surface area contributed by atoms with E-state index in [1.54, 1.807) is 17.1 Å². The molecule has 6 heteroatoms. The van der Waals surface area contributed by atoms with Crippen LogP contribution in [0.3, 0.4) is 0 Å². The maximum atomic E-state index is 6.64. The van der Waals surface area contributed by atoms with Crippen molar-refractivity contribution in [2.45, 2.75) is 18.6 Å². The van der Waals surface area contributed by atoms with E-state index in [2.05, 4.69) is 120 Å². The highest BCUT2D eigenvalue weighted by atomic mass is 35.5. The Balaban J connectivity index is 1.42. The number of benzene rings is 3. The van der Waals surface area contributed by atoms with E-state index in [1.807, 2.05) is 30.1 Å². The molecule has 0 aliphatic rings. The van der Waals surface area contributed by atoms with Crippen molar-refractivity contribution in [2.24, 2.45) is 5.92 Å². The van der Waals surface area contributed by atoms with Crippen LogP contribution < -0.4 is 4.90 Å². The number of hydrogen-bond donors (Lipinski definition) is 0. The van der Waals surface area contributed by atoms with E-state index in [0.29, 0.717) is 11.1 Å². The highest BCUT2D eigenvalue weighted by Crippen LogP contribution is 2.49. The van der Waals surface area contributed by atoms with Crippen molar-refractivity contribution >= 4 is 29.1 Å². The Bertz CT molecular complexity index is 1350. The lowest BCUT2D eigenvalue weighted by Gasteiger charge is -2.37. The van der Waals surface area contributed by atoms with Gasteiger partial charge in [0.05, 0.1) is 28.5 Å². The highest BCUT2D eigenvalue weighted by Gasteiger charge is 2.37. The summed E-state index contributed by atoms with van der Waals surface area (Å²) < 4.78 is 1.48. The van der Waals surface area contributed by atoms with E-state index in [1.165, 1.54) is 16.7 Å². The molecule has 0 saturated heterocycles. The molecule has 0 saturated carbocycles. The monoisotopic (exact) mass is 552 g/mol. The van der Waals surface area contributed by atoms with Crippen molar-refractivity contribution < 1.29 is 0 Å². The third kappa shape index (κ3) is 5.90. The van der Waals surface area contributed by atoms with Crippen molar-refractivity contribution in [3.63, 3.8) is 0 Å². The van der Waals surface area contributed by atoms with Gasteiger partial charge in [0.15, 0.2) is 5.15 Å². The molecule has 0 spiro atoms. The molecular weight excluding hydrogens is 520 g/mol. The fourth-order valence-electron chi connectivity index (χ4n) is 5.04. The zero-order chi connectivity index (χ0) is 27.1. The number of hydrogen-bond acceptors (Lipinski definition) is 4. The summed E-state index contributed by atoms with van der Waals surface area (Å²) in [5.41, 5.74) is 5.69. The van der Waals surface area contributed by atoms with Gasteiger partial charge >= 0.3 is 0 Å². The summed E-state index contributed by atoms with van der Waals surface area (Å²) in [5.74, 6) is 1.35. The van der Waals surface area contributed by atoms with E-state index in [4.69, 9.17) is 11.6 Å². The van der Waals surface area contributed by atoms with Gasteiger partial charge in [0, 0.05) is 19.3 Å². The molecule has 0 aliphatic carbocycles. The average molecular weight is 553 g/mol. The van der Waals surface area contributed by atoms with Crippen LogP contribution in [0, 0.1) is 5.92 Å². The topological polar surface area (TPSA) is 34.0 Å². The lowest BCUT2D eigenvalue weighted by molar-refractivity contribution is 0.625. The van der Waals surface area contributed by atoms with Crippen LogP contribution in [-0.4, -0.2) is 33.6 Å². The van der Waals surface area contributed by atoms with Gasteiger partial charge in [0.25, 0.3) is 0 Å². The van der Waals surface area contributed by atoms with E-state index in [-0.39, 0.29) is 4.75 Å². The van der Waals surface area contributed by atoms with E-state index < -0.39 is 0 Å². The second-order valence-electron chi connectivity index (χ2n) is 9.70. The molecule has 5 rings (SSSR count). The number of anilines is 1. The first-order valence-electron chi connectivity index (χ1n) is 13.3. The maximum Gasteiger partial charge on any atom is 0.174 e. The number of pyridine rings is 1. The second-order valence-corrected chi connectivity index (χ2v) is 11.3. The van der Waals surface area contributed by atoms with Crippen LogP contribution in [0.25, 0.3) is 5.69 Å². The highest BCUT2D eigenvalue weighted by molar-refractivity contribution is 8.00. The van der Waals surface area contributed by atoms with Crippen LogP contribution in [0.1, 0.15) is 30.5 Å². The van der Waals surface area contributed by atoms with Crippen molar-refractivity contribution in [3.8, 4) is 5.69 Å². The summed E-state index contributed by atoms with van der Waals surface area (Å²) in [5, 5.41) is 5.06. The molecule has 4 nitrogen and oxygen atoms in total. The van der Waals surface area contributed by atoms with Crippen molar-refractivity contribution in [2.75, 3.05) is 23.7 Å². The molecule has 39 heavy (non-hydrogen) atoms. The Morgan fingerprint density at radius 3 is 1.90 bits per heavy atom. The van der Waals surface area contributed by atoms with Gasteiger partial charge in [-0.2, -0.15) is 5.10 Å². The molecule has 1 unspecified atom stereocenters. The van der Waals surface area contributed by atoms with E-state index >= 15 is 0 Å². The van der Waals surface area contributed by atoms with Crippen LogP contribution in [0.4, 0.5) is 5.69 Å². The van der Waals surface area contributed by atoms with Gasteiger partial charge in [-0.25, -0.2) is 4.68 Å². The summed E-state index contributed by atoms with van der Waals surface area (Å²) >= 11 is 8.64. The molecular formula is C33H33ClN4S. The molecule has 0 fully saturated rings. The second kappa shape index (κ2) is 12.5. The lowest BCUT2D eigenvalue weighted by atomic mass is 9.84. The van der Waals surface area contributed by atoms with E-state index in [0.717, 1.165) is 30.2 Å². The third-order valence-electron chi connectivity index (χ3n) is 6.94. The fraction of sp³-hybridized carbons (Fsp3) is 0.212. The SMILES string of the molecule is CCN(CC(C)CSC(c1ccccc1)(c1ccccc1)c1ccccc1)c1cn(-c2cccnc2)nc1Cl. The van der Waals surface area contributed by atoms with E-state index in [9.17, 15) is 0 Å². The van der Waals surface area contributed by atoms with Crippen LogP contribution >= 0.6 is 23.4 Å². The summed E-state index contributed by atoms with van der Waals surface area (Å²) in [4.78, 5) is 6.54. The molecule has 0 amide bonds. The minimum atomic E-state index is -0.322. The molecule has 1 atom stereocenters. The van der Waals surface area contributed by atoms with Gasteiger partial charge in [-0.1, -0.05) is 110 Å². The van der Waals surface area contributed by atoms with Gasteiger partial charge < -0.3 is 4.90 Å². The first kappa shape index (κ1) is 27.0. The van der Waals surface area contributed by atoms with Crippen LogP contribution in [0.5, 0.6) is 0 Å².